The summed E-state index contributed by atoms with van der Waals surface area (Å²) in [5, 5.41) is 7.61. The molecular weight excluding hydrogens is 458 g/mol. The molecule has 2 amide bonds. The van der Waals surface area contributed by atoms with Gasteiger partial charge in [-0.1, -0.05) is 30.3 Å². The largest absolute Gasteiger partial charge is 0.373 e. The van der Waals surface area contributed by atoms with Crippen molar-refractivity contribution >= 4 is 38.4 Å². The summed E-state index contributed by atoms with van der Waals surface area (Å²) in [6.45, 7) is 1.29. The fourth-order valence-corrected chi connectivity index (χ4v) is 5.94. The Labute approximate surface area is 198 Å². The third-order valence-electron chi connectivity index (χ3n) is 6.24. The number of nitrogens with one attached hydrogen (secondary N) is 1. The summed E-state index contributed by atoms with van der Waals surface area (Å²) < 4.78 is 33.0. The predicted molar refractivity (Wildman–Crippen MR) is 127 cm³/mol. The molecule has 0 aromatic heterocycles. The number of rotatable bonds is 8. The normalized spacial score (nSPS) is 19.5. The molecule has 1 saturated heterocycles. The zero-order valence-corrected chi connectivity index (χ0v) is 19.5. The number of carbonyl (C=O) groups excluding carboxylic acids is 2. The Hall–Kier alpha value is -3.18. The number of sulfone groups is 1. The van der Waals surface area contributed by atoms with Gasteiger partial charge in [0, 0.05) is 25.7 Å². The van der Waals surface area contributed by atoms with E-state index < -0.39 is 39.4 Å². The summed E-state index contributed by atoms with van der Waals surface area (Å²) in [7, 11) is -4.20. The van der Waals surface area contributed by atoms with Crippen molar-refractivity contribution in [3.05, 3.63) is 42.5 Å². The topological polar surface area (TPSA) is 160 Å². The van der Waals surface area contributed by atoms with Gasteiger partial charge < -0.3 is 26.0 Å². The van der Waals surface area contributed by atoms with Gasteiger partial charge in [-0.25, -0.2) is 8.42 Å². The summed E-state index contributed by atoms with van der Waals surface area (Å²) in [5.41, 5.74) is 11.0. The number of primary amides is 1. The number of guanidine groups is 1. The van der Waals surface area contributed by atoms with Gasteiger partial charge in [0.1, 0.15) is 0 Å². The van der Waals surface area contributed by atoms with Crippen LogP contribution in [0, 0.1) is 5.41 Å². The van der Waals surface area contributed by atoms with Gasteiger partial charge in [0.25, 0.3) is 0 Å². The van der Waals surface area contributed by atoms with Gasteiger partial charge in [-0.05, 0) is 35.7 Å². The van der Waals surface area contributed by atoms with Gasteiger partial charge in [0.2, 0.25) is 11.8 Å². The highest BCUT2D eigenvalue weighted by Crippen LogP contribution is 2.31. The van der Waals surface area contributed by atoms with Gasteiger partial charge in [-0.3, -0.25) is 15.0 Å². The fraction of sp³-hybridized carbons (Fsp3) is 0.435. The van der Waals surface area contributed by atoms with Crippen LogP contribution < -0.4 is 11.5 Å². The molecule has 0 spiro atoms. The van der Waals surface area contributed by atoms with E-state index in [0.29, 0.717) is 25.1 Å². The van der Waals surface area contributed by atoms with E-state index in [1.54, 1.807) is 23.1 Å². The molecule has 5 N–H and O–H groups in total. The van der Waals surface area contributed by atoms with Gasteiger partial charge in [0.05, 0.1) is 24.0 Å². The first-order valence-electron chi connectivity index (χ1n) is 11.2. The van der Waals surface area contributed by atoms with E-state index in [1.165, 1.54) is 17.0 Å². The van der Waals surface area contributed by atoms with Crippen LogP contribution in [0.15, 0.2) is 47.4 Å². The minimum atomic E-state index is -4.20. The Kier molecular flexibility index (Phi) is 6.76. The lowest BCUT2D eigenvalue weighted by Crippen LogP contribution is -2.54. The minimum absolute atomic E-state index is 0.0294. The standard InChI is InChI=1S/C23H29N5O5S/c24-21(29)12-20(34(31,32)19-8-5-15-3-1-2-4-16(15)11-19)22(30)28(17-6-7-17)14-18-13-27(23(25)26)9-10-33-18/h1-5,8,11,17-18,20H,6-7,9-10,12-14H2,(H2,24,29)(H3,25,26). The molecule has 1 heterocycles. The minimum Gasteiger partial charge on any atom is -0.373 e. The van der Waals surface area contributed by atoms with Crippen molar-refractivity contribution in [3.63, 3.8) is 0 Å². The molecule has 2 aromatic rings. The molecule has 11 heteroatoms. The molecule has 4 rings (SSSR count). The maximum atomic E-state index is 13.6. The lowest BCUT2D eigenvalue weighted by atomic mass is 10.1. The van der Waals surface area contributed by atoms with Crippen molar-refractivity contribution < 1.29 is 22.7 Å². The average molecular weight is 488 g/mol. The van der Waals surface area contributed by atoms with Crippen LogP contribution >= 0.6 is 0 Å². The van der Waals surface area contributed by atoms with Crippen molar-refractivity contribution in [2.24, 2.45) is 11.5 Å². The number of hydrogen-bond acceptors (Lipinski definition) is 6. The molecule has 2 atom stereocenters. The average Bonchev–Trinajstić information content (AvgIpc) is 3.65. The van der Waals surface area contributed by atoms with Crippen molar-refractivity contribution in [2.45, 2.75) is 41.6 Å². The molecule has 182 valence electrons. The zero-order chi connectivity index (χ0) is 24.5. The second-order valence-electron chi connectivity index (χ2n) is 8.76. The van der Waals surface area contributed by atoms with Gasteiger partial charge in [0.15, 0.2) is 21.0 Å². The number of ether oxygens (including phenoxy) is 1. The highest BCUT2D eigenvalue weighted by molar-refractivity contribution is 7.92. The Morgan fingerprint density at radius 3 is 2.50 bits per heavy atom. The second kappa shape index (κ2) is 9.59. The zero-order valence-electron chi connectivity index (χ0n) is 18.7. The number of benzene rings is 2. The number of amides is 2. The van der Waals surface area contributed by atoms with E-state index in [4.69, 9.17) is 21.6 Å². The van der Waals surface area contributed by atoms with Gasteiger partial charge >= 0.3 is 0 Å². The van der Waals surface area contributed by atoms with Crippen LogP contribution in [0.2, 0.25) is 0 Å². The van der Waals surface area contributed by atoms with Crippen LogP contribution in [0.3, 0.4) is 0 Å². The highest BCUT2D eigenvalue weighted by Gasteiger charge is 2.43. The van der Waals surface area contributed by atoms with E-state index in [1.807, 2.05) is 12.1 Å². The third-order valence-corrected chi connectivity index (χ3v) is 8.27. The molecule has 2 unspecified atom stereocenters. The van der Waals surface area contributed by atoms with Crippen LogP contribution in [-0.2, 0) is 24.2 Å². The van der Waals surface area contributed by atoms with E-state index in [2.05, 4.69) is 0 Å². The molecule has 2 aliphatic rings. The lowest BCUT2D eigenvalue weighted by Gasteiger charge is -2.36. The van der Waals surface area contributed by atoms with Crippen molar-refractivity contribution in [3.8, 4) is 0 Å². The van der Waals surface area contributed by atoms with Gasteiger partial charge in [-0.2, -0.15) is 0 Å². The molecule has 2 fully saturated rings. The second-order valence-corrected chi connectivity index (χ2v) is 10.9. The molecule has 0 bridgehead atoms. The number of fused-ring (bicyclic) bond motifs is 1. The van der Waals surface area contributed by atoms with Crippen molar-refractivity contribution in [2.75, 3.05) is 26.2 Å². The lowest BCUT2D eigenvalue weighted by molar-refractivity contribution is -0.136. The monoisotopic (exact) mass is 487 g/mol. The SMILES string of the molecule is N=C(N)N1CCOC(CN(C(=O)C(CC(N)=O)S(=O)(=O)c2ccc3ccccc3c2)C2CC2)C1. The van der Waals surface area contributed by atoms with E-state index >= 15 is 0 Å². The summed E-state index contributed by atoms with van der Waals surface area (Å²) in [6.07, 6.45) is 0.449. The van der Waals surface area contributed by atoms with Crippen molar-refractivity contribution in [1.82, 2.24) is 9.80 Å². The first-order chi connectivity index (χ1) is 16.2. The number of carbonyl (C=O) groups is 2. The molecule has 34 heavy (non-hydrogen) atoms. The molecule has 10 nitrogen and oxygen atoms in total. The number of morpholine rings is 1. The Bertz CT molecular complexity index is 1210. The summed E-state index contributed by atoms with van der Waals surface area (Å²) in [4.78, 5) is 28.6. The van der Waals surface area contributed by atoms with Crippen LogP contribution in [0.25, 0.3) is 10.8 Å². The summed E-state index contributed by atoms with van der Waals surface area (Å²) in [6, 6.07) is 11.8. The van der Waals surface area contributed by atoms with Crippen molar-refractivity contribution in [1.29, 1.82) is 5.41 Å². The number of hydrogen-bond donors (Lipinski definition) is 3. The smallest absolute Gasteiger partial charge is 0.242 e. The number of nitrogens with zero attached hydrogens (tertiary/aromatic N) is 2. The maximum absolute atomic E-state index is 13.6. The third kappa shape index (κ3) is 5.15. The maximum Gasteiger partial charge on any atom is 0.242 e. The fourth-order valence-electron chi connectivity index (χ4n) is 4.28. The quantitative estimate of drug-likeness (QED) is 0.360. The predicted octanol–water partition coefficient (Wildman–Crippen LogP) is 0.443. The number of nitrogens with two attached hydrogens (primary N) is 2. The summed E-state index contributed by atoms with van der Waals surface area (Å²) in [5.74, 6) is -1.60. The Morgan fingerprint density at radius 2 is 1.85 bits per heavy atom. The first-order valence-corrected chi connectivity index (χ1v) is 12.7. The molecule has 0 radical (unpaired) electrons. The molecule has 2 aromatic carbocycles. The van der Waals surface area contributed by atoms with Crippen LogP contribution in [0.1, 0.15) is 19.3 Å². The van der Waals surface area contributed by atoms with E-state index in [9.17, 15) is 18.0 Å². The van der Waals surface area contributed by atoms with Crippen LogP contribution in [-0.4, -0.2) is 79.6 Å². The molecular formula is C23H29N5O5S. The van der Waals surface area contributed by atoms with E-state index in [-0.39, 0.29) is 23.4 Å². The van der Waals surface area contributed by atoms with Gasteiger partial charge in [-0.15, -0.1) is 0 Å². The molecule has 1 saturated carbocycles. The first kappa shape index (κ1) is 24.0. The van der Waals surface area contributed by atoms with Crippen LogP contribution in [0.4, 0.5) is 0 Å². The molecule has 1 aliphatic heterocycles. The Morgan fingerprint density at radius 1 is 1.15 bits per heavy atom. The Balaban J connectivity index is 1.62. The van der Waals surface area contributed by atoms with E-state index in [0.717, 1.165) is 18.2 Å². The highest BCUT2D eigenvalue weighted by atomic mass is 32.2. The summed E-state index contributed by atoms with van der Waals surface area (Å²) >= 11 is 0. The molecule has 1 aliphatic carbocycles. The van der Waals surface area contributed by atoms with Crippen LogP contribution in [0.5, 0.6) is 0 Å².